The number of nitrogens with zero attached hydrogens (tertiary/aromatic N) is 1. The van der Waals surface area contributed by atoms with E-state index in [0.29, 0.717) is 10.8 Å². The fraction of sp³-hybridized carbons (Fsp3) is 0.222. The van der Waals surface area contributed by atoms with Gasteiger partial charge in [0.25, 0.3) is 5.91 Å². The number of nitrogens with one attached hydrogen (secondary N) is 1. The van der Waals surface area contributed by atoms with E-state index < -0.39 is 0 Å². The summed E-state index contributed by atoms with van der Waals surface area (Å²) in [6.45, 7) is 3.83. The highest BCUT2D eigenvalue weighted by Crippen LogP contribution is 2.16. The molecule has 0 atom stereocenters. The Kier molecular flexibility index (Phi) is 6.18. The Labute approximate surface area is 141 Å². The summed E-state index contributed by atoms with van der Waals surface area (Å²) in [5.41, 5.74) is 5.46. The third-order valence-electron chi connectivity index (χ3n) is 3.29. The van der Waals surface area contributed by atoms with Crippen molar-refractivity contribution in [2.75, 3.05) is 6.61 Å². The van der Waals surface area contributed by atoms with Gasteiger partial charge in [-0.25, -0.2) is 5.43 Å². The Morgan fingerprint density at radius 1 is 1.22 bits per heavy atom. The molecule has 0 radical (unpaired) electrons. The molecule has 0 saturated heterocycles. The van der Waals surface area contributed by atoms with E-state index >= 15 is 0 Å². The molecule has 0 aliphatic heterocycles. The van der Waals surface area contributed by atoms with Crippen LogP contribution < -0.4 is 10.2 Å². The summed E-state index contributed by atoms with van der Waals surface area (Å²) in [5.74, 6) is 0.220. The molecule has 0 bridgehead atoms. The predicted octanol–water partition coefficient (Wildman–Crippen LogP) is 3.82. The number of hydrogen-bond acceptors (Lipinski definition) is 3. The molecule has 1 amide bonds. The maximum Gasteiger partial charge on any atom is 0.277 e. The van der Waals surface area contributed by atoms with Gasteiger partial charge in [0, 0.05) is 5.02 Å². The van der Waals surface area contributed by atoms with Crippen molar-refractivity contribution in [2.45, 2.75) is 20.3 Å². The molecule has 2 aromatic rings. The Morgan fingerprint density at radius 3 is 2.61 bits per heavy atom. The van der Waals surface area contributed by atoms with Crippen LogP contribution in [0.5, 0.6) is 5.75 Å². The van der Waals surface area contributed by atoms with Crippen molar-refractivity contribution in [3.63, 3.8) is 0 Å². The molecule has 0 aliphatic carbocycles. The van der Waals surface area contributed by atoms with E-state index in [-0.39, 0.29) is 12.5 Å². The van der Waals surface area contributed by atoms with Crippen LogP contribution in [0.15, 0.2) is 53.6 Å². The van der Waals surface area contributed by atoms with Crippen molar-refractivity contribution in [3.8, 4) is 5.75 Å². The summed E-state index contributed by atoms with van der Waals surface area (Å²) in [6.07, 6.45) is 0.994. The van der Waals surface area contributed by atoms with Crippen LogP contribution in [-0.2, 0) is 11.2 Å². The summed E-state index contributed by atoms with van der Waals surface area (Å²) in [6, 6.07) is 15.0. The molecular weight excluding hydrogens is 312 g/mol. The Morgan fingerprint density at radius 2 is 1.96 bits per heavy atom. The maximum atomic E-state index is 11.8. The summed E-state index contributed by atoms with van der Waals surface area (Å²) in [5, 5.41) is 4.65. The number of halogens is 1. The normalized spacial score (nSPS) is 11.2. The summed E-state index contributed by atoms with van der Waals surface area (Å²) in [7, 11) is 0. The first-order valence-corrected chi connectivity index (χ1v) is 7.77. The summed E-state index contributed by atoms with van der Waals surface area (Å²) in [4.78, 5) is 11.8. The third kappa shape index (κ3) is 5.42. The number of rotatable bonds is 6. The number of carbonyl (C=O) groups is 1. The van der Waals surface area contributed by atoms with Crippen LogP contribution in [0.3, 0.4) is 0 Å². The third-order valence-corrected chi connectivity index (χ3v) is 3.53. The SMILES string of the molecule is CCc1ccc(/C(C)=N\NC(=O)COc2cccc(Cl)c2)cc1. The molecule has 0 aromatic heterocycles. The number of hydrogen-bond donors (Lipinski definition) is 1. The zero-order valence-corrected chi connectivity index (χ0v) is 13.9. The number of aryl methyl sites for hydroxylation is 1. The zero-order valence-electron chi connectivity index (χ0n) is 13.2. The molecule has 2 rings (SSSR count). The monoisotopic (exact) mass is 330 g/mol. The van der Waals surface area contributed by atoms with Crippen molar-refractivity contribution in [1.29, 1.82) is 0 Å². The minimum Gasteiger partial charge on any atom is -0.484 e. The molecule has 0 aliphatic rings. The van der Waals surface area contributed by atoms with Crippen LogP contribution in [0.25, 0.3) is 0 Å². The molecule has 23 heavy (non-hydrogen) atoms. The van der Waals surface area contributed by atoms with Gasteiger partial charge >= 0.3 is 0 Å². The molecule has 2 aromatic carbocycles. The minimum atomic E-state index is -0.325. The van der Waals surface area contributed by atoms with Gasteiger partial charge in [-0.05, 0) is 42.7 Å². The molecule has 0 spiro atoms. The van der Waals surface area contributed by atoms with E-state index in [1.165, 1.54) is 5.56 Å². The van der Waals surface area contributed by atoms with Crippen molar-refractivity contribution >= 4 is 23.2 Å². The van der Waals surface area contributed by atoms with Crippen LogP contribution >= 0.6 is 11.6 Å². The average molecular weight is 331 g/mol. The van der Waals surface area contributed by atoms with Crippen LogP contribution in [0.4, 0.5) is 0 Å². The average Bonchev–Trinajstić information content (AvgIpc) is 2.58. The van der Waals surface area contributed by atoms with E-state index in [1.807, 2.05) is 19.1 Å². The summed E-state index contributed by atoms with van der Waals surface area (Å²) < 4.78 is 5.35. The topological polar surface area (TPSA) is 50.7 Å². The first-order chi connectivity index (χ1) is 11.1. The lowest BCUT2D eigenvalue weighted by atomic mass is 10.1. The molecule has 4 nitrogen and oxygen atoms in total. The molecule has 120 valence electrons. The lowest BCUT2D eigenvalue weighted by Gasteiger charge is -2.06. The lowest BCUT2D eigenvalue weighted by Crippen LogP contribution is -2.25. The Hall–Kier alpha value is -2.33. The van der Waals surface area contributed by atoms with E-state index in [2.05, 4.69) is 29.6 Å². The second-order valence-electron chi connectivity index (χ2n) is 5.03. The van der Waals surface area contributed by atoms with E-state index in [9.17, 15) is 4.79 Å². The predicted molar refractivity (Wildman–Crippen MR) is 93.1 cm³/mol. The summed E-state index contributed by atoms with van der Waals surface area (Å²) >= 11 is 5.85. The molecule has 0 heterocycles. The standard InChI is InChI=1S/C18H19ClN2O2/c1-3-14-7-9-15(10-8-14)13(2)20-21-18(22)12-23-17-6-4-5-16(19)11-17/h4-11H,3,12H2,1-2H3,(H,21,22)/b20-13-. The quantitative estimate of drug-likeness (QED) is 0.646. The van der Waals surface area contributed by atoms with Crippen LogP contribution in [0.2, 0.25) is 5.02 Å². The van der Waals surface area contributed by atoms with Gasteiger partial charge in [-0.1, -0.05) is 48.9 Å². The fourth-order valence-corrected chi connectivity index (χ4v) is 2.11. The fourth-order valence-electron chi connectivity index (χ4n) is 1.93. The van der Waals surface area contributed by atoms with E-state index in [1.54, 1.807) is 24.3 Å². The van der Waals surface area contributed by atoms with Crippen LogP contribution in [-0.4, -0.2) is 18.2 Å². The van der Waals surface area contributed by atoms with Crippen molar-refractivity contribution in [3.05, 3.63) is 64.7 Å². The first kappa shape index (κ1) is 17.0. The van der Waals surface area contributed by atoms with E-state index in [4.69, 9.17) is 16.3 Å². The van der Waals surface area contributed by atoms with Crippen LogP contribution in [0.1, 0.15) is 25.0 Å². The van der Waals surface area contributed by atoms with Gasteiger partial charge in [0.2, 0.25) is 0 Å². The first-order valence-electron chi connectivity index (χ1n) is 7.39. The van der Waals surface area contributed by atoms with E-state index in [0.717, 1.165) is 17.7 Å². The Balaban J connectivity index is 1.86. The smallest absolute Gasteiger partial charge is 0.277 e. The lowest BCUT2D eigenvalue weighted by molar-refractivity contribution is -0.123. The van der Waals surface area contributed by atoms with Gasteiger partial charge in [-0.3, -0.25) is 4.79 Å². The largest absolute Gasteiger partial charge is 0.484 e. The highest BCUT2D eigenvalue weighted by molar-refractivity contribution is 6.30. The van der Waals surface area contributed by atoms with Crippen molar-refractivity contribution in [1.82, 2.24) is 5.43 Å². The van der Waals surface area contributed by atoms with Gasteiger partial charge in [-0.2, -0.15) is 5.10 Å². The second kappa shape index (κ2) is 8.34. The molecular formula is C18H19ClN2O2. The minimum absolute atomic E-state index is 0.119. The van der Waals surface area contributed by atoms with Gasteiger partial charge in [-0.15, -0.1) is 0 Å². The van der Waals surface area contributed by atoms with Gasteiger partial charge in [0.15, 0.2) is 6.61 Å². The zero-order chi connectivity index (χ0) is 16.7. The van der Waals surface area contributed by atoms with Gasteiger partial charge < -0.3 is 4.74 Å². The maximum absolute atomic E-state index is 11.8. The number of amides is 1. The van der Waals surface area contributed by atoms with Gasteiger partial charge in [0.1, 0.15) is 5.75 Å². The number of hydrazone groups is 1. The van der Waals surface area contributed by atoms with Crippen molar-refractivity contribution < 1.29 is 9.53 Å². The number of carbonyl (C=O) groups excluding carboxylic acids is 1. The molecule has 0 saturated carbocycles. The molecule has 1 N–H and O–H groups in total. The molecule has 0 unspecified atom stereocenters. The second-order valence-corrected chi connectivity index (χ2v) is 5.47. The van der Waals surface area contributed by atoms with Gasteiger partial charge in [0.05, 0.1) is 5.71 Å². The highest BCUT2D eigenvalue weighted by Gasteiger charge is 2.03. The molecule has 0 fully saturated rings. The Bertz CT molecular complexity index is 696. The van der Waals surface area contributed by atoms with Crippen molar-refractivity contribution in [2.24, 2.45) is 5.10 Å². The molecule has 5 heteroatoms. The highest BCUT2D eigenvalue weighted by atomic mass is 35.5. The number of ether oxygens (including phenoxy) is 1. The van der Waals surface area contributed by atoms with Crippen LogP contribution in [0, 0.1) is 0 Å². The number of benzene rings is 2.